The lowest BCUT2D eigenvalue weighted by molar-refractivity contribution is 0.00387. The van der Waals surface area contributed by atoms with Crippen molar-refractivity contribution in [3.8, 4) is 10.4 Å². The number of morpholine rings is 1. The lowest BCUT2D eigenvalue weighted by atomic mass is 10.1. The molecule has 2 aromatic heterocycles. The average molecular weight is 302 g/mol. The molecule has 0 N–H and O–H groups in total. The number of rotatable bonds is 2. The van der Waals surface area contributed by atoms with Gasteiger partial charge in [0.15, 0.2) is 0 Å². The molecule has 0 spiro atoms. The Kier molecular flexibility index (Phi) is 4.03. The third kappa shape index (κ3) is 2.84. The number of carbonyl (C=O) groups is 1. The fourth-order valence-corrected chi connectivity index (χ4v) is 3.57. The van der Waals surface area contributed by atoms with Gasteiger partial charge in [-0.2, -0.15) is 0 Å². The molecule has 1 atom stereocenters. The first-order chi connectivity index (χ1) is 10.2. The molecule has 0 aromatic carbocycles. The van der Waals surface area contributed by atoms with Crippen LogP contribution in [0.3, 0.4) is 0 Å². The minimum atomic E-state index is 0.105. The third-order valence-electron chi connectivity index (χ3n) is 3.73. The second kappa shape index (κ2) is 5.95. The number of aryl methyl sites for hydroxylation is 1. The van der Waals surface area contributed by atoms with Crippen LogP contribution in [-0.2, 0) is 4.74 Å². The lowest BCUT2D eigenvalue weighted by Gasteiger charge is -2.32. The molecule has 3 heterocycles. The number of amides is 1. The highest BCUT2D eigenvalue weighted by molar-refractivity contribution is 7.17. The second-order valence-electron chi connectivity index (χ2n) is 5.28. The quantitative estimate of drug-likeness (QED) is 0.856. The van der Waals surface area contributed by atoms with E-state index < -0.39 is 0 Å². The predicted molar refractivity (Wildman–Crippen MR) is 83.6 cm³/mol. The van der Waals surface area contributed by atoms with Crippen LogP contribution >= 0.6 is 11.3 Å². The van der Waals surface area contributed by atoms with Gasteiger partial charge in [0.1, 0.15) is 0 Å². The minimum Gasteiger partial charge on any atom is -0.377 e. The molecule has 0 radical (unpaired) electrons. The predicted octanol–water partition coefficient (Wildman–Crippen LogP) is 2.98. The van der Waals surface area contributed by atoms with Crippen LogP contribution in [0.5, 0.6) is 0 Å². The highest BCUT2D eigenvalue weighted by Gasteiger charge is 2.25. The number of ether oxygens (including phenoxy) is 1. The van der Waals surface area contributed by atoms with Gasteiger partial charge >= 0.3 is 0 Å². The summed E-state index contributed by atoms with van der Waals surface area (Å²) in [7, 11) is 0. The van der Waals surface area contributed by atoms with Crippen molar-refractivity contribution < 1.29 is 9.53 Å². The molecule has 1 aliphatic heterocycles. The molecule has 4 nitrogen and oxygen atoms in total. The summed E-state index contributed by atoms with van der Waals surface area (Å²) in [5, 5.41) is 0. The van der Waals surface area contributed by atoms with Crippen LogP contribution in [0, 0.1) is 6.92 Å². The number of hydrogen-bond donors (Lipinski definition) is 0. The van der Waals surface area contributed by atoms with Crippen LogP contribution < -0.4 is 0 Å². The van der Waals surface area contributed by atoms with Crippen molar-refractivity contribution in [2.24, 2.45) is 0 Å². The summed E-state index contributed by atoms with van der Waals surface area (Å²) in [5.74, 6) is 0.105. The molecule has 110 valence electrons. The molecule has 21 heavy (non-hydrogen) atoms. The molecule has 1 aliphatic rings. The van der Waals surface area contributed by atoms with Gasteiger partial charge in [0.05, 0.1) is 24.1 Å². The van der Waals surface area contributed by atoms with Gasteiger partial charge in [-0.3, -0.25) is 9.78 Å². The first-order valence-corrected chi connectivity index (χ1v) is 7.88. The van der Waals surface area contributed by atoms with Crippen molar-refractivity contribution in [3.63, 3.8) is 0 Å². The van der Waals surface area contributed by atoms with E-state index in [0.29, 0.717) is 19.8 Å². The number of hydrogen-bond acceptors (Lipinski definition) is 4. The van der Waals surface area contributed by atoms with Gasteiger partial charge in [-0.05, 0) is 43.2 Å². The Hall–Kier alpha value is -1.72. The summed E-state index contributed by atoms with van der Waals surface area (Å²) in [6.07, 6.45) is 3.63. The smallest absolute Gasteiger partial charge is 0.264 e. The summed E-state index contributed by atoms with van der Waals surface area (Å²) < 4.78 is 5.39. The molecule has 0 bridgehead atoms. The van der Waals surface area contributed by atoms with Gasteiger partial charge in [0.25, 0.3) is 5.91 Å². The van der Waals surface area contributed by atoms with Gasteiger partial charge < -0.3 is 9.64 Å². The van der Waals surface area contributed by atoms with Crippen LogP contribution in [-0.4, -0.2) is 41.6 Å². The SMILES string of the molecule is Cc1cnccc1-c1ccc(C(=O)N2CCOC[C@@H]2C)s1. The molecule has 1 amide bonds. The van der Waals surface area contributed by atoms with Crippen molar-refractivity contribution in [1.82, 2.24) is 9.88 Å². The van der Waals surface area contributed by atoms with Crippen molar-refractivity contribution >= 4 is 17.2 Å². The molecule has 1 fully saturated rings. The minimum absolute atomic E-state index is 0.105. The zero-order chi connectivity index (χ0) is 14.8. The van der Waals surface area contributed by atoms with Gasteiger partial charge in [-0.15, -0.1) is 11.3 Å². The Morgan fingerprint density at radius 1 is 1.43 bits per heavy atom. The number of nitrogens with zero attached hydrogens (tertiary/aromatic N) is 2. The molecular weight excluding hydrogens is 284 g/mol. The standard InChI is InChI=1S/C16H18N2O2S/c1-11-9-17-6-5-13(11)14-3-4-15(21-14)16(19)18-7-8-20-10-12(18)2/h3-6,9,12H,7-8,10H2,1-2H3/t12-/m0/s1. The van der Waals surface area contributed by atoms with Crippen LogP contribution in [0.15, 0.2) is 30.6 Å². The van der Waals surface area contributed by atoms with Gasteiger partial charge in [0, 0.05) is 23.8 Å². The molecule has 2 aromatic rings. The molecular formula is C16H18N2O2S. The summed E-state index contributed by atoms with van der Waals surface area (Å²) in [6, 6.07) is 6.07. The first kappa shape index (κ1) is 14.2. The van der Waals surface area contributed by atoms with E-state index in [4.69, 9.17) is 4.74 Å². The maximum Gasteiger partial charge on any atom is 0.264 e. The Balaban J connectivity index is 1.85. The Bertz CT molecular complexity index is 653. The molecule has 5 heteroatoms. The molecule has 0 unspecified atom stereocenters. The van der Waals surface area contributed by atoms with E-state index in [1.807, 2.05) is 43.1 Å². The topological polar surface area (TPSA) is 42.4 Å². The third-order valence-corrected chi connectivity index (χ3v) is 4.84. The zero-order valence-electron chi connectivity index (χ0n) is 12.2. The van der Waals surface area contributed by atoms with Gasteiger partial charge in [0.2, 0.25) is 0 Å². The largest absolute Gasteiger partial charge is 0.377 e. The van der Waals surface area contributed by atoms with E-state index in [0.717, 1.165) is 20.9 Å². The first-order valence-electron chi connectivity index (χ1n) is 7.06. The monoisotopic (exact) mass is 302 g/mol. The van der Waals surface area contributed by atoms with E-state index in [1.165, 1.54) is 0 Å². The normalized spacial score (nSPS) is 18.8. The maximum absolute atomic E-state index is 12.6. The molecule has 3 rings (SSSR count). The molecule has 0 saturated carbocycles. The van der Waals surface area contributed by atoms with Crippen LogP contribution in [0.25, 0.3) is 10.4 Å². The van der Waals surface area contributed by atoms with E-state index in [2.05, 4.69) is 4.98 Å². The summed E-state index contributed by atoms with van der Waals surface area (Å²) in [4.78, 5) is 20.5. The van der Waals surface area contributed by atoms with E-state index in [9.17, 15) is 4.79 Å². The highest BCUT2D eigenvalue weighted by Crippen LogP contribution is 2.31. The van der Waals surface area contributed by atoms with E-state index in [-0.39, 0.29) is 11.9 Å². The number of pyridine rings is 1. The molecule has 0 aliphatic carbocycles. The molecule has 1 saturated heterocycles. The Labute approximate surface area is 128 Å². The maximum atomic E-state index is 12.6. The second-order valence-corrected chi connectivity index (χ2v) is 6.36. The van der Waals surface area contributed by atoms with E-state index >= 15 is 0 Å². The highest BCUT2D eigenvalue weighted by atomic mass is 32.1. The number of carbonyl (C=O) groups excluding carboxylic acids is 1. The summed E-state index contributed by atoms with van der Waals surface area (Å²) in [5.41, 5.74) is 2.27. The van der Waals surface area contributed by atoms with Crippen LogP contribution in [0.2, 0.25) is 0 Å². The van der Waals surface area contributed by atoms with Crippen molar-refractivity contribution in [2.75, 3.05) is 19.8 Å². The van der Waals surface area contributed by atoms with Crippen LogP contribution in [0.1, 0.15) is 22.2 Å². The zero-order valence-corrected chi connectivity index (χ0v) is 13.0. The fourth-order valence-electron chi connectivity index (χ4n) is 2.52. The van der Waals surface area contributed by atoms with Gasteiger partial charge in [-0.25, -0.2) is 0 Å². The van der Waals surface area contributed by atoms with Crippen molar-refractivity contribution in [2.45, 2.75) is 19.9 Å². The summed E-state index contributed by atoms with van der Waals surface area (Å²) >= 11 is 1.54. The van der Waals surface area contributed by atoms with Crippen LogP contribution in [0.4, 0.5) is 0 Å². The summed E-state index contributed by atoms with van der Waals surface area (Å²) in [6.45, 7) is 5.97. The van der Waals surface area contributed by atoms with E-state index in [1.54, 1.807) is 17.5 Å². The Morgan fingerprint density at radius 3 is 3.05 bits per heavy atom. The van der Waals surface area contributed by atoms with Crippen molar-refractivity contribution in [1.29, 1.82) is 0 Å². The number of thiophene rings is 1. The van der Waals surface area contributed by atoms with Gasteiger partial charge in [-0.1, -0.05) is 0 Å². The number of aromatic nitrogens is 1. The van der Waals surface area contributed by atoms with Crippen molar-refractivity contribution in [3.05, 3.63) is 41.0 Å². The average Bonchev–Trinajstić information content (AvgIpc) is 2.97. The Morgan fingerprint density at radius 2 is 2.29 bits per heavy atom. The lowest BCUT2D eigenvalue weighted by Crippen LogP contribution is -2.46. The fraction of sp³-hybridized carbons (Fsp3) is 0.375.